The molecule has 0 radical (unpaired) electrons. The molecule has 0 amide bonds. The Morgan fingerprint density at radius 1 is 1.35 bits per heavy atom. The molecule has 0 spiro atoms. The van der Waals surface area contributed by atoms with E-state index in [2.05, 4.69) is 37.8 Å². The molecule has 6 heteroatoms. The van der Waals surface area contributed by atoms with Crippen molar-refractivity contribution in [1.29, 1.82) is 0 Å². The number of aryl methyl sites for hydroxylation is 2. The molecular weight excluding hydrogens is 270 g/mol. The van der Waals surface area contributed by atoms with Crippen LogP contribution in [0.15, 0.2) is 12.4 Å². The van der Waals surface area contributed by atoms with Crippen molar-refractivity contribution in [1.82, 2.24) is 24.6 Å². The van der Waals surface area contributed by atoms with Crippen LogP contribution in [0, 0.1) is 19.8 Å². The number of hydrogen-bond acceptors (Lipinski definition) is 5. The van der Waals surface area contributed by atoms with Gasteiger partial charge in [-0.25, -0.2) is 4.98 Å². The zero-order valence-corrected chi connectivity index (χ0v) is 12.9. The lowest BCUT2D eigenvalue weighted by atomic mass is 9.98. The van der Waals surface area contributed by atoms with Gasteiger partial charge in [0.05, 0.1) is 6.54 Å². The van der Waals surface area contributed by atoms with Gasteiger partial charge in [-0.1, -0.05) is 0 Å². The third kappa shape index (κ3) is 3.24. The molecule has 2 aromatic heterocycles. The van der Waals surface area contributed by atoms with E-state index in [1.54, 1.807) is 11.3 Å². The summed E-state index contributed by atoms with van der Waals surface area (Å²) in [7, 11) is 0. The van der Waals surface area contributed by atoms with Crippen molar-refractivity contribution in [3.63, 3.8) is 0 Å². The average molecular weight is 291 g/mol. The van der Waals surface area contributed by atoms with Crippen molar-refractivity contribution in [2.75, 3.05) is 13.1 Å². The van der Waals surface area contributed by atoms with Gasteiger partial charge >= 0.3 is 0 Å². The summed E-state index contributed by atoms with van der Waals surface area (Å²) < 4.78 is 2.27. The predicted molar refractivity (Wildman–Crippen MR) is 79.6 cm³/mol. The lowest BCUT2D eigenvalue weighted by Gasteiger charge is -2.32. The van der Waals surface area contributed by atoms with Gasteiger partial charge in [-0.05, 0) is 39.2 Å². The highest BCUT2D eigenvalue weighted by molar-refractivity contribution is 7.11. The van der Waals surface area contributed by atoms with Crippen LogP contribution >= 0.6 is 11.3 Å². The highest BCUT2D eigenvalue weighted by Gasteiger charge is 2.21. The minimum absolute atomic E-state index is 0.714. The standard InChI is InChI=1S/C14H21N5S/c1-11-15-5-7-19(11)9-13-4-3-6-18(8-13)10-14-17-16-12(2)20-14/h5,7,13H,3-4,6,8-10H2,1-2H3/t13-/m1/s1. The van der Waals surface area contributed by atoms with Crippen LogP contribution in [0.3, 0.4) is 0 Å². The molecule has 1 saturated heterocycles. The third-order valence-corrected chi connectivity index (χ3v) is 4.73. The summed E-state index contributed by atoms with van der Waals surface area (Å²) in [5, 5.41) is 10.5. The zero-order valence-electron chi connectivity index (χ0n) is 12.1. The summed E-state index contributed by atoms with van der Waals surface area (Å²) in [5.74, 6) is 1.83. The van der Waals surface area contributed by atoms with Gasteiger partial charge in [0.1, 0.15) is 15.8 Å². The number of likely N-dealkylation sites (tertiary alicyclic amines) is 1. The molecule has 108 valence electrons. The Kier molecular flexibility index (Phi) is 4.12. The molecule has 0 bridgehead atoms. The van der Waals surface area contributed by atoms with Crippen LogP contribution < -0.4 is 0 Å². The first-order valence-electron chi connectivity index (χ1n) is 7.20. The van der Waals surface area contributed by atoms with Gasteiger partial charge in [-0.3, -0.25) is 4.90 Å². The molecule has 0 aliphatic carbocycles. The van der Waals surface area contributed by atoms with Crippen LogP contribution in [0.2, 0.25) is 0 Å². The van der Waals surface area contributed by atoms with E-state index >= 15 is 0 Å². The van der Waals surface area contributed by atoms with Crippen LogP contribution in [-0.4, -0.2) is 37.7 Å². The second-order valence-corrected chi connectivity index (χ2v) is 6.85. The van der Waals surface area contributed by atoms with Crippen LogP contribution in [0.4, 0.5) is 0 Å². The summed E-state index contributed by atoms with van der Waals surface area (Å²) in [4.78, 5) is 6.82. The van der Waals surface area contributed by atoms with Crippen molar-refractivity contribution in [3.05, 3.63) is 28.2 Å². The fourth-order valence-electron chi connectivity index (χ4n) is 2.91. The Hall–Kier alpha value is -1.27. The fourth-order valence-corrected chi connectivity index (χ4v) is 3.66. The molecule has 1 atom stereocenters. The van der Waals surface area contributed by atoms with E-state index in [-0.39, 0.29) is 0 Å². The minimum Gasteiger partial charge on any atom is -0.335 e. The molecule has 5 nitrogen and oxygen atoms in total. The smallest absolute Gasteiger partial charge is 0.131 e. The number of nitrogens with zero attached hydrogens (tertiary/aromatic N) is 5. The maximum Gasteiger partial charge on any atom is 0.131 e. The lowest BCUT2D eigenvalue weighted by molar-refractivity contribution is 0.155. The molecule has 1 aliphatic rings. The van der Waals surface area contributed by atoms with Crippen molar-refractivity contribution < 1.29 is 0 Å². The topological polar surface area (TPSA) is 46.8 Å². The molecule has 2 aromatic rings. The molecule has 20 heavy (non-hydrogen) atoms. The van der Waals surface area contributed by atoms with E-state index in [1.807, 2.05) is 13.1 Å². The number of aromatic nitrogens is 4. The summed E-state index contributed by atoms with van der Waals surface area (Å²) in [5.41, 5.74) is 0. The summed E-state index contributed by atoms with van der Waals surface area (Å²) in [6.45, 7) is 8.45. The van der Waals surface area contributed by atoms with Crippen molar-refractivity contribution >= 4 is 11.3 Å². The van der Waals surface area contributed by atoms with E-state index in [0.717, 1.165) is 35.5 Å². The Labute approximate surface area is 123 Å². The van der Waals surface area contributed by atoms with E-state index < -0.39 is 0 Å². The van der Waals surface area contributed by atoms with Gasteiger partial charge in [0.25, 0.3) is 0 Å². The van der Waals surface area contributed by atoms with E-state index in [1.165, 1.54) is 19.4 Å². The van der Waals surface area contributed by atoms with Crippen LogP contribution in [0.1, 0.15) is 28.7 Å². The van der Waals surface area contributed by atoms with E-state index in [0.29, 0.717) is 5.92 Å². The van der Waals surface area contributed by atoms with Gasteiger partial charge in [0.2, 0.25) is 0 Å². The average Bonchev–Trinajstić information content (AvgIpc) is 3.00. The van der Waals surface area contributed by atoms with Crippen molar-refractivity contribution in [3.8, 4) is 0 Å². The molecule has 3 heterocycles. The highest BCUT2D eigenvalue weighted by atomic mass is 32.1. The predicted octanol–water partition coefficient (Wildman–Crippen LogP) is 2.26. The Bertz CT molecular complexity index is 561. The molecule has 0 unspecified atom stereocenters. The van der Waals surface area contributed by atoms with Crippen molar-refractivity contribution in [2.24, 2.45) is 5.92 Å². The van der Waals surface area contributed by atoms with Gasteiger partial charge in [-0.15, -0.1) is 21.5 Å². The molecule has 1 fully saturated rings. The molecule has 3 rings (SSSR count). The van der Waals surface area contributed by atoms with Crippen LogP contribution in [-0.2, 0) is 13.1 Å². The molecule has 0 aromatic carbocycles. The number of hydrogen-bond donors (Lipinski definition) is 0. The number of piperidine rings is 1. The normalized spacial score (nSPS) is 20.4. The van der Waals surface area contributed by atoms with E-state index in [4.69, 9.17) is 0 Å². The lowest BCUT2D eigenvalue weighted by Crippen LogP contribution is -2.36. The SMILES string of the molecule is Cc1nnc(CN2CCC[C@@H](Cn3ccnc3C)C2)s1. The van der Waals surface area contributed by atoms with Crippen molar-refractivity contribution in [2.45, 2.75) is 39.8 Å². The first-order chi connectivity index (χ1) is 9.70. The third-order valence-electron chi connectivity index (χ3n) is 3.91. The number of imidazole rings is 1. The Morgan fingerprint density at radius 3 is 2.95 bits per heavy atom. The Balaban J connectivity index is 1.57. The molecular formula is C14H21N5S. The minimum atomic E-state index is 0.714. The summed E-state index contributed by atoms with van der Waals surface area (Å²) in [6.07, 6.45) is 6.56. The quantitative estimate of drug-likeness (QED) is 0.867. The maximum atomic E-state index is 4.30. The Morgan fingerprint density at radius 2 is 2.25 bits per heavy atom. The second kappa shape index (κ2) is 6.01. The summed E-state index contributed by atoms with van der Waals surface area (Å²) >= 11 is 1.71. The number of rotatable bonds is 4. The molecule has 0 N–H and O–H groups in total. The first-order valence-corrected chi connectivity index (χ1v) is 8.01. The van der Waals surface area contributed by atoms with Crippen LogP contribution in [0.25, 0.3) is 0 Å². The van der Waals surface area contributed by atoms with Gasteiger partial charge < -0.3 is 4.57 Å². The second-order valence-electron chi connectivity index (χ2n) is 5.59. The first kappa shape index (κ1) is 13.7. The zero-order chi connectivity index (χ0) is 13.9. The summed E-state index contributed by atoms with van der Waals surface area (Å²) in [6, 6.07) is 0. The van der Waals surface area contributed by atoms with Gasteiger partial charge in [-0.2, -0.15) is 0 Å². The van der Waals surface area contributed by atoms with Gasteiger partial charge in [0, 0.05) is 25.5 Å². The molecule has 1 aliphatic heterocycles. The largest absolute Gasteiger partial charge is 0.335 e. The highest BCUT2D eigenvalue weighted by Crippen LogP contribution is 2.21. The van der Waals surface area contributed by atoms with Gasteiger partial charge in [0.15, 0.2) is 0 Å². The molecule has 0 saturated carbocycles. The van der Waals surface area contributed by atoms with E-state index in [9.17, 15) is 0 Å². The maximum absolute atomic E-state index is 4.30. The monoisotopic (exact) mass is 291 g/mol. The van der Waals surface area contributed by atoms with Crippen LogP contribution in [0.5, 0.6) is 0 Å². The fraction of sp³-hybridized carbons (Fsp3) is 0.643.